The number of hydrogen-bond acceptors (Lipinski definition) is 2. The van der Waals surface area contributed by atoms with Crippen LogP contribution in [0.15, 0.2) is 48.5 Å². The maximum absolute atomic E-state index is 3.71. The molecule has 0 amide bonds. The van der Waals surface area contributed by atoms with Crippen molar-refractivity contribution in [1.82, 2.24) is 5.32 Å². The van der Waals surface area contributed by atoms with Crippen LogP contribution in [0.25, 0.3) is 0 Å². The molecule has 2 nitrogen and oxygen atoms in total. The average molecular weight is 278 g/mol. The molecule has 4 rings (SSSR count). The fourth-order valence-corrected chi connectivity index (χ4v) is 3.72. The second-order valence-electron chi connectivity index (χ2n) is 6.23. The van der Waals surface area contributed by atoms with Crippen molar-refractivity contribution in [3.05, 3.63) is 65.2 Å². The molecule has 0 saturated heterocycles. The molecule has 1 N–H and O–H groups in total. The summed E-state index contributed by atoms with van der Waals surface area (Å²) in [5, 5.41) is 3.71. The summed E-state index contributed by atoms with van der Waals surface area (Å²) >= 11 is 0. The molecular weight excluding hydrogens is 256 g/mol. The minimum absolute atomic E-state index is 0.561. The molecule has 108 valence electrons. The second-order valence-corrected chi connectivity index (χ2v) is 6.23. The third kappa shape index (κ3) is 2.56. The molecule has 1 unspecified atom stereocenters. The van der Waals surface area contributed by atoms with Crippen LogP contribution in [0, 0.1) is 0 Å². The number of nitrogens with zero attached hydrogens (tertiary/aromatic N) is 1. The van der Waals surface area contributed by atoms with E-state index in [4.69, 9.17) is 0 Å². The van der Waals surface area contributed by atoms with E-state index in [0.717, 1.165) is 19.5 Å². The number of aryl methyl sites for hydroxylation is 1. The van der Waals surface area contributed by atoms with Gasteiger partial charge < -0.3 is 10.2 Å². The number of nitrogens with one attached hydrogen (secondary N) is 1. The lowest BCUT2D eigenvalue weighted by Crippen LogP contribution is -2.46. The highest BCUT2D eigenvalue weighted by atomic mass is 15.2. The molecule has 2 aromatic rings. The van der Waals surface area contributed by atoms with Crippen molar-refractivity contribution in [2.75, 3.05) is 18.0 Å². The van der Waals surface area contributed by atoms with Crippen molar-refractivity contribution in [2.24, 2.45) is 0 Å². The van der Waals surface area contributed by atoms with Crippen LogP contribution < -0.4 is 10.2 Å². The summed E-state index contributed by atoms with van der Waals surface area (Å²) < 4.78 is 0. The van der Waals surface area contributed by atoms with E-state index in [1.807, 2.05) is 0 Å². The summed E-state index contributed by atoms with van der Waals surface area (Å²) in [4.78, 5) is 2.57. The van der Waals surface area contributed by atoms with Crippen LogP contribution in [0.3, 0.4) is 0 Å². The van der Waals surface area contributed by atoms with E-state index in [1.54, 1.807) is 0 Å². The Balaban J connectivity index is 1.51. The normalized spacial score (nSPS) is 20.8. The Kier molecular flexibility index (Phi) is 3.40. The molecule has 0 saturated carbocycles. The number of anilines is 1. The molecule has 2 heterocycles. The number of benzene rings is 2. The van der Waals surface area contributed by atoms with Crippen LogP contribution in [-0.2, 0) is 19.4 Å². The van der Waals surface area contributed by atoms with Crippen LogP contribution in [0.4, 0.5) is 5.69 Å². The fraction of sp³-hybridized carbons (Fsp3) is 0.368. The molecule has 21 heavy (non-hydrogen) atoms. The summed E-state index contributed by atoms with van der Waals surface area (Å²) in [6.07, 6.45) is 3.66. The zero-order chi connectivity index (χ0) is 14.1. The predicted octanol–water partition coefficient (Wildman–Crippen LogP) is 3.15. The van der Waals surface area contributed by atoms with Crippen LogP contribution in [-0.4, -0.2) is 19.1 Å². The highest BCUT2D eigenvalue weighted by Crippen LogP contribution is 2.27. The summed E-state index contributed by atoms with van der Waals surface area (Å²) in [6, 6.07) is 18.3. The first kappa shape index (κ1) is 12.9. The van der Waals surface area contributed by atoms with Crippen molar-refractivity contribution in [1.29, 1.82) is 0 Å². The SMILES string of the molecule is c1ccc2c(c1)CNC(CN1CCCc3ccccc31)C2. The Hall–Kier alpha value is -1.80. The van der Waals surface area contributed by atoms with Gasteiger partial charge in [0.05, 0.1) is 0 Å². The van der Waals surface area contributed by atoms with Crippen molar-refractivity contribution in [2.45, 2.75) is 31.8 Å². The molecule has 2 aromatic carbocycles. The summed E-state index contributed by atoms with van der Waals surface area (Å²) in [6.45, 7) is 3.32. The molecular formula is C19H22N2. The highest BCUT2D eigenvalue weighted by Gasteiger charge is 2.23. The number of fused-ring (bicyclic) bond motifs is 2. The first-order chi connectivity index (χ1) is 10.4. The Morgan fingerprint density at radius 2 is 1.71 bits per heavy atom. The van der Waals surface area contributed by atoms with Gasteiger partial charge in [-0.1, -0.05) is 42.5 Å². The molecule has 0 spiro atoms. The topological polar surface area (TPSA) is 15.3 Å². The summed E-state index contributed by atoms with van der Waals surface area (Å²) in [7, 11) is 0. The average Bonchev–Trinajstić information content (AvgIpc) is 2.55. The molecule has 0 bridgehead atoms. The maximum atomic E-state index is 3.71. The number of hydrogen-bond donors (Lipinski definition) is 1. The van der Waals surface area contributed by atoms with Gasteiger partial charge in [-0.05, 0) is 42.0 Å². The molecule has 2 heteroatoms. The zero-order valence-corrected chi connectivity index (χ0v) is 12.4. The Morgan fingerprint density at radius 1 is 0.952 bits per heavy atom. The standard InChI is InChI=1S/C19H22N2/c1-2-8-17-13-20-18(12-16(17)7-1)14-21-11-5-9-15-6-3-4-10-19(15)21/h1-4,6-8,10,18,20H,5,9,11-14H2. The lowest BCUT2D eigenvalue weighted by atomic mass is 9.94. The first-order valence-corrected chi connectivity index (χ1v) is 8.03. The van der Waals surface area contributed by atoms with Gasteiger partial charge in [0.15, 0.2) is 0 Å². The van der Waals surface area contributed by atoms with Crippen molar-refractivity contribution < 1.29 is 0 Å². The van der Waals surface area contributed by atoms with Crippen molar-refractivity contribution >= 4 is 5.69 Å². The van der Waals surface area contributed by atoms with Crippen LogP contribution in [0.5, 0.6) is 0 Å². The molecule has 2 aliphatic rings. The quantitative estimate of drug-likeness (QED) is 0.908. The monoisotopic (exact) mass is 278 g/mol. The Morgan fingerprint density at radius 3 is 2.62 bits per heavy atom. The van der Waals surface area contributed by atoms with E-state index in [1.165, 1.54) is 41.8 Å². The van der Waals surface area contributed by atoms with Gasteiger partial charge in [-0.3, -0.25) is 0 Å². The van der Waals surface area contributed by atoms with Crippen LogP contribution in [0.1, 0.15) is 23.1 Å². The highest BCUT2D eigenvalue weighted by molar-refractivity contribution is 5.55. The molecule has 0 aromatic heterocycles. The molecule has 0 fully saturated rings. The van der Waals surface area contributed by atoms with Gasteiger partial charge >= 0.3 is 0 Å². The molecule has 2 aliphatic heterocycles. The zero-order valence-electron chi connectivity index (χ0n) is 12.4. The van der Waals surface area contributed by atoms with Crippen LogP contribution in [0.2, 0.25) is 0 Å². The Bertz CT molecular complexity index is 635. The van der Waals surface area contributed by atoms with Gasteiger partial charge in [-0.15, -0.1) is 0 Å². The molecule has 0 aliphatic carbocycles. The van der Waals surface area contributed by atoms with Crippen molar-refractivity contribution in [3.63, 3.8) is 0 Å². The third-order valence-electron chi connectivity index (χ3n) is 4.81. The van der Waals surface area contributed by atoms with E-state index >= 15 is 0 Å². The first-order valence-electron chi connectivity index (χ1n) is 8.03. The molecule has 1 atom stereocenters. The summed E-state index contributed by atoms with van der Waals surface area (Å²) in [5.41, 5.74) is 5.95. The van der Waals surface area contributed by atoms with E-state index in [-0.39, 0.29) is 0 Å². The van der Waals surface area contributed by atoms with Gasteiger partial charge in [0.1, 0.15) is 0 Å². The third-order valence-corrected chi connectivity index (χ3v) is 4.81. The smallest absolute Gasteiger partial charge is 0.0399 e. The minimum Gasteiger partial charge on any atom is -0.370 e. The number of para-hydroxylation sites is 1. The van der Waals surface area contributed by atoms with Gasteiger partial charge in [0, 0.05) is 31.4 Å². The lowest BCUT2D eigenvalue weighted by Gasteiger charge is -2.36. The van der Waals surface area contributed by atoms with E-state index in [0.29, 0.717) is 6.04 Å². The lowest BCUT2D eigenvalue weighted by molar-refractivity contribution is 0.467. The van der Waals surface area contributed by atoms with E-state index < -0.39 is 0 Å². The van der Waals surface area contributed by atoms with E-state index in [2.05, 4.69) is 58.7 Å². The van der Waals surface area contributed by atoms with Crippen LogP contribution >= 0.6 is 0 Å². The minimum atomic E-state index is 0.561. The molecule has 0 radical (unpaired) electrons. The largest absolute Gasteiger partial charge is 0.370 e. The predicted molar refractivity (Wildman–Crippen MR) is 87.7 cm³/mol. The fourth-order valence-electron chi connectivity index (χ4n) is 3.72. The number of rotatable bonds is 2. The Labute approximate surface area is 126 Å². The second kappa shape index (κ2) is 5.53. The van der Waals surface area contributed by atoms with Crippen molar-refractivity contribution in [3.8, 4) is 0 Å². The summed E-state index contributed by atoms with van der Waals surface area (Å²) in [5.74, 6) is 0. The van der Waals surface area contributed by atoms with Gasteiger partial charge in [-0.2, -0.15) is 0 Å². The van der Waals surface area contributed by atoms with E-state index in [9.17, 15) is 0 Å². The van der Waals surface area contributed by atoms with Gasteiger partial charge in [-0.25, -0.2) is 0 Å². The van der Waals surface area contributed by atoms with Gasteiger partial charge in [0.2, 0.25) is 0 Å². The van der Waals surface area contributed by atoms with Gasteiger partial charge in [0.25, 0.3) is 0 Å². The maximum Gasteiger partial charge on any atom is 0.0399 e.